The van der Waals surface area contributed by atoms with E-state index >= 15 is 0 Å². The first-order valence-electron chi connectivity index (χ1n) is 0.516. The van der Waals surface area contributed by atoms with E-state index in [2.05, 4.69) is 0 Å². The Balaban J connectivity index is 0. The second-order valence-corrected chi connectivity index (χ2v) is 0.615. The van der Waals surface area contributed by atoms with Crippen molar-refractivity contribution < 1.29 is 33.1 Å². The molecule has 0 nitrogen and oxygen atoms in total. The minimum absolute atomic E-state index is 0. The van der Waals surface area contributed by atoms with Crippen molar-refractivity contribution in [3.05, 3.63) is 0 Å². The smallest absolute Gasteiger partial charge is 0 e. The van der Waals surface area contributed by atoms with Gasteiger partial charge in [0.15, 0.2) is 0 Å². The van der Waals surface area contributed by atoms with Crippen LogP contribution in [0.3, 0.4) is 0 Å². The van der Waals surface area contributed by atoms with Gasteiger partial charge in [0.1, 0.15) is 0 Å². The van der Waals surface area contributed by atoms with E-state index in [4.69, 9.17) is 11.7 Å². The monoisotopic (exact) mass is 124 g/mol. The van der Waals surface area contributed by atoms with Crippen molar-refractivity contribution in [1.82, 2.24) is 0 Å². The van der Waals surface area contributed by atoms with E-state index in [0.29, 0.717) is 0 Å². The van der Waals surface area contributed by atoms with Crippen LogP contribution < -0.4 is 0 Å². The molecule has 0 heterocycles. The molecule has 0 unspecified atom stereocenters. The largest absolute Gasteiger partial charge is 0 e. The Morgan fingerprint density at radius 3 is 1.25 bits per heavy atom. The zero-order valence-electron chi connectivity index (χ0n) is 2.05. The molecule has 0 aliphatic rings. The maximum atomic E-state index is 4.72. The summed E-state index contributed by atoms with van der Waals surface area (Å²) in [6.07, 6.45) is 0. The number of rotatable bonds is 0. The average Bonchev–Trinajstić information content (AvgIpc) is 0.918. The SMILES string of the molecule is [B]#[V]#[B].[V]. The standard InChI is InChI=1S/2B.2V. The third-order valence-corrected chi connectivity index (χ3v) is 0. The topological polar surface area (TPSA) is 0 Å². The van der Waals surface area contributed by atoms with Gasteiger partial charge in [-0.15, -0.1) is 0 Å². The molecular formula is B2V2. The maximum Gasteiger partial charge on any atom is 0 e. The molecule has 4 heavy (non-hydrogen) atoms. The van der Waals surface area contributed by atoms with Crippen LogP contribution in [-0.2, 0) is 33.1 Å². The summed E-state index contributed by atoms with van der Waals surface area (Å²) in [7, 11) is 0. The van der Waals surface area contributed by atoms with Crippen molar-refractivity contribution in [3.8, 4) is 0 Å². The molecule has 0 saturated carbocycles. The van der Waals surface area contributed by atoms with Crippen molar-refractivity contribution in [3.63, 3.8) is 0 Å². The van der Waals surface area contributed by atoms with Crippen molar-refractivity contribution in [1.29, 1.82) is 0 Å². The van der Waals surface area contributed by atoms with Crippen LogP contribution in [-0.4, -0.2) is 11.7 Å². The van der Waals surface area contributed by atoms with Crippen LogP contribution in [0.4, 0.5) is 0 Å². The van der Waals surface area contributed by atoms with Gasteiger partial charge in [0.05, 0.1) is 0 Å². The van der Waals surface area contributed by atoms with Crippen LogP contribution >= 0.6 is 0 Å². The van der Waals surface area contributed by atoms with Gasteiger partial charge in [-0.3, -0.25) is 0 Å². The molecule has 0 amide bonds. The molecular weight excluding hydrogens is 124 g/mol. The van der Waals surface area contributed by atoms with Crippen molar-refractivity contribution in [2.75, 3.05) is 0 Å². The minimum Gasteiger partial charge on any atom is 0 e. The molecule has 0 fully saturated rings. The molecule has 16 valence electrons. The molecule has 0 atom stereocenters. The molecule has 0 rings (SSSR count). The maximum absolute atomic E-state index is 4.72. The Bertz CT molecular complexity index is 77.2. The molecule has 0 spiro atoms. The van der Waals surface area contributed by atoms with Crippen molar-refractivity contribution in [2.24, 2.45) is 0 Å². The zero-order valence-corrected chi connectivity index (χ0v) is 4.84. The second kappa shape index (κ2) is 8.85. The van der Waals surface area contributed by atoms with E-state index in [-0.39, 0.29) is 33.1 Å². The molecule has 1 radical (unpaired) electrons. The van der Waals surface area contributed by atoms with Gasteiger partial charge in [-0.05, 0) is 0 Å². The molecule has 0 bridgehead atoms. The van der Waals surface area contributed by atoms with E-state index in [1.165, 1.54) is 0 Å². The number of hydrogen-bond donors (Lipinski definition) is 0. The minimum atomic E-state index is -0.312. The van der Waals surface area contributed by atoms with Gasteiger partial charge >= 0.3 is 26.3 Å². The van der Waals surface area contributed by atoms with Gasteiger partial charge in [0.2, 0.25) is 0 Å². The Hall–Kier alpha value is 1.30. The number of hydrogen-bond acceptors (Lipinski definition) is 0. The summed E-state index contributed by atoms with van der Waals surface area (Å²) >= 11 is -0.312. The Kier molecular flexibility index (Phi) is 19.9. The van der Waals surface area contributed by atoms with Gasteiger partial charge in [-0.1, -0.05) is 0 Å². The van der Waals surface area contributed by atoms with Crippen LogP contribution in [0.15, 0.2) is 0 Å². The van der Waals surface area contributed by atoms with Crippen LogP contribution in [0.2, 0.25) is 0 Å². The molecule has 0 aromatic rings. The first-order chi connectivity index (χ1) is 1.41. The third kappa shape index (κ3) is 10.3. The normalized spacial score (nSPS) is 3.00. The predicted molar refractivity (Wildman–Crippen MR) is 11.5 cm³/mol. The van der Waals surface area contributed by atoms with E-state index in [9.17, 15) is 0 Å². The summed E-state index contributed by atoms with van der Waals surface area (Å²) in [4.78, 5) is 0. The molecule has 4 heteroatoms. The van der Waals surface area contributed by atoms with E-state index in [1.807, 2.05) is 0 Å². The van der Waals surface area contributed by atoms with Gasteiger partial charge < -0.3 is 0 Å². The average molecular weight is 124 g/mol. The summed E-state index contributed by atoms with van der Waals surface area (Å²) in [6, 6.07) is 0. The van der Waals surface area contributed by atoms with Crippen LogP contribution in [0.25, 0.3) is 0 Å². The molecule has 0 aliphatic carbocycles. The van der Waals surface area contributed by atoms with E-state index in [1.54, 1.807) is 0 Å². The first-order valence-corrected chi connectivity index (χ1v) is 2.13. The summed E-state index contributed by atoms with van der Waals surface area (Å²) in [5.74, 6) is 9.44. The summed E-state index contributed by atoms with van der Waals surface area (Å²) in [5.41, 5.74) is 0. The fraction of sp³-hybridized carbons (Fsp3) is 0. The van der Waals surface area contributed by atoms with Gasteiger partial charge in [-0.25, -0.2) is 0 Å². The molecule has 0 aromatic heterocycles. The Morgan fingerprint density at radius 1 is 1.25 bits per heavy atom. The predicted octanol–water partition coefficient (Wildman–Crippen LogP) is -0.767. The van der Waals surface area contributed by atoms with Gasteiger partial charge in [0, 0.05) is 18.6 Å². The fourth-order valence-electron chi connectivity index (χ4n) is 0. The third-order valence-electron chi connectivity index (χ3n) is 0. The van der Waals surface area contributed by atoms with Gasteiger partial charge in [-0.2, -0.15) is 0 Å². The fourth-order valence-corrected chi connectivity index (χ4v) is 0. The van der Waals surface area contributed by atoms with Crippen LogP contribution in [0.5, 0.6) is 0 Å². The van der Waals surface area contributed by atoms with E-state index in [0.717, 1.165) is 0 Å². The van der Waals surface area contributed by atoms with Crippen molar-refractivity contribution in [2.45, 2.75) is 0 Å². The Labute approximate surface area is 44.9 Å². The first kappa shape index (κ1) is 9.00. The van der Waals surface area contributed by atoms with E-state index < -0.39 is 0 Å². The summed E-state index contributed by atoms with van der Waals surface area (Å²) in [5, 5.41) is 0. The molecule has 0 aromatic carbocycles. The van der Waals surface area contributed by atoms with Crippen LogP contribution in [0.1, 0.15) is 0 Å². The molecule has 0 aliphatic heterocycles. The summed E-state index contributed by atoms with van der Waals surface area (Å²) in [6.45, 7) is 0. The molecule has 0 saturated heterocycles. The van der Waals surface area contributed by atoms with Crippen LogP contribution in [0, 0.1) is 0 Å². The second-order valence-electron chi connectivity index (χ2n) is 0.149. The molecule has 0 N–H and O–H groups in total. The summed E-state index contributed by atoms with van der Waals surface area (Å²) < 4.78 is 0. The quantitative estimate of drug-likeness (QED) is 0.371. The van der Waals surface area contributed by atoms with Crippen molar-refractivity contribution >= 4 is 11.7 Å². The Morgan fingerprint density at radius 2 is 1.25 bits per heavy atom. The zero-order chi connectivity index (χ0) is 2.71. The van der Waals surface area contributed by atoms with Gasteiger partial charge in [0.25, 0.3) is 0 Å².